The highest BCUT2D eigenvalue weighted by atomic mass is 35.5. The number of H-pyrrole nitrogens is 1. The number of esters is 1. The van der Waals surface area contributed by atoms with E-state index in [0.29, 0.717) is 10.9 Å². The number of para-hydroxylation sites is 1. The largest absolute Gasteiger partial charge is 0.451 e. The van der Waals surface area contributed by atoms with Crippen molar-refractivity contribution in [3.05, 3.63) is 69.2 Å². The van der Waals surface area contributed by atoms with Gasteiger partial charge in [0.25, 0.3) is 5.56 Å². The summed E-state index contributed by atoms with van der Waals surface area (Å²) in [5, 5.41) is 5.47. The minimum absolute atomic E-state index is 0.000404. The highest BCUT2D eigenvalue weighted by Crippen LogP contribution is 2.23. The van der Waals surface area contributed by atoms with Crippen LogP contribution in [0.2, 0.25) is 5.02 Å². The number of aromatic nitrogens is 2. The molecule has 140 valence electrons. The molecule has 0 bridgehead atoms. The molecule has 0 spiro atoms. The summed E-state index contributed by atoms with van der Waals surface area (Å²) >= 11 is 5.96. The van der Waals surface area contributed by atoms with Gasteiger partial charge in [-0.3, -0.25) is 4.79 Å². The molecule has 3 N–H and O–H groups in total. The smallest absolute Gasteiger partial charge is 0.340 e. The summed E-state index contributed by atoms with van der Waals surface area (Å²) in [6.07, 6.45) is -0.913. The van der Waals surface area contributed by atoms with Crippen LogP contribution in [-0.4, -0.2) is 24.4 Å². The van der Waals surface area contributed by atoms with Gasteiger partial charge in [-0.25, -0.2) is 23.3 Å². The molecule has 0 amide bonds. The number of fused-ring (bicyclic) bond motifs is 1. The van der Waals surface area contributed by atoms with Gasteiger partial charge in [0.15, 0.2) is 11.9 Å². The maximum Gasteiger partial charge on any atom is 0.340 e. The van der Waals surface area contributed by atoms with Crippen LogP contribution in [0.4, 0.5) is 0 Å². The summed E-state index contributed by atoms with van der Waals surface area (Å²) < 4.78 is 28.2. The predicted molar refractivity (Wildman–Crippen MR) is 99.0 cm³/mol. The molecule has 0 saturated carbocycles. The number of carbonyl (C=O) groups excluding carboxylic acids is 1. The first-order valence-corrected chi connectivity index (χ1v) is 9.61. The molecule has 1 aromatic heterocycles. The van der Waals surface area contributed by atoms with Crippen molar-refractivity contribution >= 4 is 38.5 Å². The Morgan fingerprint density at radius 2 is 1.96 bits per heavy atom. The van der Waals surface area contributed by atoms with E-state index in [9.17, 15) is 18.0 Å². The van der Waals surface area contributed by atoms with Gasteiger partial charge < -0.3 is 9.72 Å². The van der Waals surface area contributed by atoms with Crippen LogP contribution in [0.15, 0.2) is 52.2 Å². The fourth-order valence-corrected chi connectivity index (χ4v) is 3.15. The third-order valence-corrected chi connectivity index (χ3v) is 5.03. The van der Waals surface area contributed by atoms with Crippen molar-refractivity contribution < 1.29 is 17.9 Å². The lowest BCUT2D eigenvalue weighted by Crippen LogP contribution is -2.18. The van der Waals surface area contributed by atoms with Gasteiger partial charge in [0.1, 0.15) is 0 Å². The molecule has 0 radical (unpaired) electrons. The minimum Gasteiger partial charge on any atom is -0.451 e. The topological polar surface area (TPSA) is 132 Å². The van der Waals surface area contributed by atoms with E-state index in [4.69, 9.17) is 21.5 Å². The van der Waals surface area contributed by atoms with Crippen LogP contribution in [0.5, 0.6) is 0 Å². The lowest BCUT2D eigenvalue weighted by Gasteiger charge is -2.14. The molecule has 2 aromatic carbocycles. The number of nitrogens with zero attached hydrogens (tertiary/aromatic N) is 1. The summed E-state index contributed by atoms with van der Waals surface area (Å²) in [4.78, 5) is 31.1. The van der Waals surface area contributed by atoms with E-state index in [2.05, 4.69) is 9.97 Å². The number of nitrogens with one attached hydrogen (secondary N) is 1. The second-order valence-electron chi connectivity index (χ2n) is 5.70. The molecule has 0 aliphatic carbocycles. The molecule has 1 heterocycles. The third-order valence-electron chi connectivity index (χ3n) is 3.79. The summed E-state index contributed by atoms with van der Waals surface area (Å²) in [6, 6.07) is 10.2. The second kappa shape index (κ2) is 7.10. The number of ether oxygens (including phenoxy) is 1. The van der Waals surface area contributed by atoms with Crippen molar-refractivity contribution in [2.75, 3.05) is 0 Å². The molecule has 0 aliphatic heterocycles. The lowest BCUT2D eigenvalue weighted by atomic mass is 10.2. The zero-order valence-electron chi connectivity index (χ0n) is 14.0. The van der Waals surface area contributed by atoms with Gasteiger partial charge in [0.2, 0.25) is 10.0 Å². The normalized spacial score (nSPS) is 12.7. The highest BCUT2D eigenvalue weighted by molar-refractivity contribution is 7.89. The van der Waals surface area contributed by atoms with Crippen LogP contribution in [0, 0.1) is 0 Å². The molecule has 27 heavy (non-hydrogen) atoms. The number of sulfonamides is 1. The summed E-state index contributed by atoms with van der Waals surface area (Å²) in [5.41, 5.74) is -0.0839. The van der Waals surface area contributed by atoms with Crippen LogP contribution in [-0.2, 0) is 14.8 Å². The Labute approximate surface area is 159 Å². The molecule has 8 nitrogen and oxygen atoms in total. The first-order valence-electron chi connectivity index (χ1n) is 7.69. The Morgan fingerprint density at radius 1 is 1.26 bits per heavy atom. The fraction of sp³-hybridized carbons (Fsp3) is 0.118. The maximum absolute atomic E-state index is 12.4. The van der Waals surface area contributed by atoms with E-state index in [0.717, 1.165) is 6.07 Å². The number of rotatable bonds is 4. The van der Waals surface area contributed by atoms with E-state index in [1.54, 1.807) is 24.3 Å². The molecule has 3 rings (SSSR count). The molecule has 0 unspecified atom stereocenters. The van der Waals surface area contributed by atoms with Crippen molar-refractivity contribution in [1.29, 1.82) is 0 Å². The Kier molecular flexibility index (Phi) is 5.01. The summed E-state index contributed by atoms with van der Waals surface area (Å²) in [6.45, 7) is 1.52. The van der Waals surface area contributed by atoms with Gasteiger partial charge in [0.05, 0.1) is 26.4 Å². The number of hydrogen-bond donors (Lipinski definition) is 2. The van der Waals surface area contributed by atoms with Crippen LogP contribution in [0.1, 0.15) is 29.2 Å². The Bertz CT molecular complexity index is 1210. The molecular formula is C17H14ClN3O5S. The van der Waals surface area contributed by atoms with Gasteiger partial charge in [-0.1, -0.05) is 23.7 Å². The molecule has 1 atom stereocenters. The first kappa shape index (κ1) is 19.0. The SMILES string of the molecule is C[C@@H](OC(=O)c1cc(S(N)(=O)=O)ccc1Cl)c1nc2ccccc2c(=O)[nH]1. The minimum atomic E-state index is -4.01. The monoisotopic (exact) mass is 407 g/mol. The van der Waals surface area contributed by atoms with Crippen molar-refractivity contribution in [2.24, 2.45) is 5.14 Å². The summed E-state index contributed by atoms with van der Waals surface area (Å²) in [7, 11) is -4.01. The van der Waals surface area contributed by atoms with Crippen molar-refractivity contribution in [1.82, 2.24) is 9.97 Å². The van der Waals surface area contributed by atoms with Gasteiger partial charge in [0, 0.05) is 0 Å². The number of aromatic amines is 1. The number of primary sulfonamides is 1. The second-order valence-corrected chi connectivity index (χ2v) is 7.67. The molecule has 10 heteroatoms. The molecule has 0 fully saturated rings. The van der Waals surface area contributed by atoms with Crippen LogP contribution >= 0.6 is 11.6 Å². The number of hydrogen-bond acceptors (Lipinski definition) is 6. The van der Waals surface area contributed by atoms with Gasteiger partial charge in [-0.15, -0.1) is 0 Å². The Morgan fingerprint density at radius 3 is 2.67 bits per heavy atom. The Hall–Kier alpha value is -2.75. The van der Waals surface area contributed by atoms with Gasteiger partial charge >= 0.3 is 5.97 Å². The predicted octanol–water partition coefficient (Wildman–Crippen LogP) is 2.14. The lowest BCUT2D eigenvalue weighted by molar-refractivity contribution is 0.0320. The molecule has 3 aromatic rings. The van der Waals surface area contributed by atoms with Crippen LogP contribution in [0.25, 0.3) is 10.9 Å². The van der Waals surface area contributed by atoms with Crippen LogP contribution < -0.4 is 10.7 Å². The zero-order valence-corrected chi connectivity index (χ0v) is 15.5. The third kappa shape index (κ3) is 4.00. The van der Waals surface area contributed by atoms with E-state index in [-0.39, 0.29) is 26.9 Å². The van der Waals surface area contributed by atoms with E-state index in [1.165, 1.54) is 19.1 Å². The Balaban J connectivity index is 1.92. The number of carbonyl (C=O) groups is 1. The quantitative estimate of drug-likeness (QED) is 0.636. The average Bonchev–Trinajstić information content (AvgIpc) is 2.61. The first-order chi connectivity index (χ1) is 12.7. The highest BCUT2D eigenvalue weighted by Gasteiger charge is 2.21. The summed E-state index contributed by atoms with van der Waals surface area (Å²) in [5.74, 6) is -0.736. The van der Waals surface area contributed by atoms with E-state index < -0.39 is 22.1 Å². The molecule has 0 saturated heterocycles. The van der Waals surface area contributed by atoms with E-state index in [1.807, 2.05) is 0 Å². The number of halogens is 1. The van der Waals surface area contributed by atoms with Crippen LogP contribution in [0.3, 0.4) is 0 Å². The number of nitrogens with two attached hydrogens (primary N) is 1. The maximum atomic E-state index is 12.4. The van der Waals surface area contributed by atoms with Gasteiger partial charge in [-0.2, -0.15) is 0 Å². The number of benzene rings is 2. The van der Waals surface area contributed by atoms with Crippen molar-refractivity contribution in [3.8, 4) is 0 Å². The molecular weight excluding hydrogens is 394 g/mol. The fourth-order valence-electron chi connectivity index (χ4n) is 2.41. The van der Waals surface area contributed by atoms with Gasteiger partial charge in [-0.05, 0) is 37.3 Å². The zero-order chi connectivity index (χ0) is 19.8. The standard InChI is InChI=1S/C17H14ClN3O5S/c1-9(15-20-14-5-3-2-4-11(14)16(22)21-15)26-17(23)12-8-10(27(19,24)25)6-7-13(12)18/h2-9H,1H3,(H2,19,24,25)(H,20,21,22)/t9-/m1/s1. The van der Waals surface area contributed by atoms with Crippen molar-refractivity contribution in [2.45, 2.75) is 17.9 Å². The van der Waals surface area contributed by atoms with Crippen molar-refractivity contribution in [3.63, 3.8) is 0 Å². The van der Waals surface area contributed by atoms with E-state index >= 15 is 0 Å². The molecule has 0 aliphatic rings. The average molecular weight is 408 g/mol.